The molecule has 0 bridgehead atoms. The van der Waals surface area contributed by atoms with Gasteiger partial charge in [0, 0.05) is 23.8 Å². The largest absolute Gasteiger partial charge is 0.508 e. The van der Waals surface area contributed by atoms with Crippen molar-refractivity contribution in [1.29, 1.82) is 0 Å². The molecule has 3 aromatic rings. The highest BCUT2D eigenvalue weighted by Gasteiger charge is 2.50. The third-order valence-electron chi connectivity index (χ3n) is 7.10. The number of fused-ring (bicyclic) bond motifs is 1. The van der Waals surface area contributed by atoms with Crippen LogP contribution >= 0.6 is 0 Å². The zero-order valence-electron chi connectivity index (χ0n) is 21.5. The highest BCUT2D eigenvalue weighted by atomic mass is 16.7. The maximum Gasteiger partial charge on any atom is 0.229 e. The molecule has 0 spiro atoms. The summed E-state index contributed by atoms with van der Waals surface area (Å²) >= 11 is 0. The van der Waals surface area contributed by atoms with E-state index in [-0.39, 0.29) is 28.2 Å². The Balaban J connectivity index is 1.34. The molecule has 3 heterocycles. The van der Waals surface area contributed by atoms with E-state index < -0.39 is 79.2 Å². The van der Waals surface area contributed by atoms with Crippen LogP contribution in [0.25, 0.3) is 22.3 Å². The molecule has 1 aromatic heterocycles. The molecule has 222 valence electrons. The molecule has 0 aliphatic carbocycles. The normalized spacial score (nSPS) is 34.0. The van der Waals surface area contributed by atoms with Crippen molar-refractivity contribution < 1.29 is 64.2 Å². The van der Waals surface area contributed by atoms with Crippen molar-refractivity contribution in [1.82, 2.24) is 0 Å². The minimum Gasteiger partial charge on any atom is -0.508 e. The van der Waals surface area contributed by atoms with E-state index in [0.717, 1.165) is 6.07 Å². The van der Waals surface area contributed by atoms with Crippen molar-refractivity contribution in [3.8, 4) is 28.6 Å². The Morgan fingerprint density at radius 3 is 2.20 bits per heavy atom. The van der Waals surface area contributed by atoms with Gasteiger partial charge in [-0.15, -0.1) is 0 Å². The Labute approximate surface area is 231 Å². The molecule has 2 aliphatic heterocycles. The number of hydrogen-bond donors (Lipinski definition) is 8. The van der Waals surface area contributed by atoms with Gasteiger partial charge in [-0.2, -0.15) is 0 Å². The first-order chi connectivity index (χ1) is 19.5. The van der Waals surface area contributed by atoms with Gasteiger partial charge in [0.2, 0.25) is 6.29 Å². The molecule has 2 fully saturated rings. The van der Waals surface area contributed by atoms with Gasteiger partial charge in [0.25, 0.3) is 0 Å². The van der Waals surface area contributed by atoms with Gasteiger partial charge in [-0.1, -0.05) is 0 Å². The van der Waals surface area contributed by atoms with E-state index in [2.05, 4.69) is 0 Å². The molecule has 14 nitrogen and oxygen atoms in total. The molecule has 8 N–H and O–H groups in total. The molecule has 0 amide bonds. The number of phenolic OH excluding ortho intramolecular Hbond substituents is 2. The number of aliphatic hydroxyl groups excluding tert-OH is 6. The van der Waals surface area contributed by atoms with Crippen LogP contribution in [-0.2, 0) is 14.2 Å². The molecular weight excluding hydrogens is 548 g/mol. The van der Waals surface area contributed by atoms with Gasteiger partial charge < -0.3 is 64.2 Å². The van der Waals surface area contributed by atoms with Crippen LogP contribution in [0.2, 0.25) is 0 Å². The van der Waals surface area contributed by atoms with Crippen LogP contribution in [0, 0.1) is 0 Å². The van der Waals surface area contributed by atoms with E-state index in [0.29, 0.717) is 5.56 Å². The highest BCUT2D eigenvalue weighted by Crippen LogP contribution is 2.34. The van der Waals surface area contributed by atoms with Crippen LogP contribution < -0.4 is 10.2 Å². The zero-order valence-corrected chi connectivity index (χ0v) is 21.5. The number of aromatic hydroxyl groups is 2. The molecular formula is C27H30O14. The van der Waals surface area contributed by atoms with Crippen molar-refractivity contribution in [3.63, 3.8) is 0 Å². The third kappa shape index (κ3) is 5.61. The predicted octanol–water partition coefficient (Wildman–Crippen LogP) is -1.10. The first kappa shape index (κ1) is 29.2. The van der Waals surface area contributed by atoms with E-state index >= 15 is 0 Å². The fourth-order valence-electron chi connectivity index (χ4n) is 4.84. The third-order valence-corrected chi connectivity index (χ3v) is 7.10. The predicted molar refractivity (Wildman–Crippen MR) is 137 cm³/mol. The standard InChI is InChI=1S/C27H30O14/c1-10-25(41-27-23(35)21(33)20(32)18(9-28)40-27)22(34)24(36)26(37-10)38-13-6-14(30)19-15(31)8-16(39-17(19)7-13)11-2-4-12(29)5-3-11/h2-8,10,18,20-30,32-36H,9H2,1H3/t10-,18+,20+,21-,22-,23+,24+,25-,26-,27+/m0/s1. The van der Waals surface area contributed by atoms with E-state index in [1.165, 1.54) is 43.3 Å². The summed E-state index contributed by atoms with van der Waals surface area (Å²) in [5.41, 5.74) is -0.0936. The van der Waals surface area contributed by atoms with Gasteiger partial charge in [-0.3, -0.25) is 4.79 Å². The van der Waals surface area contributed by atoms with Crippen molar-refractivity contribution in [2.45, 2.75) is 68.3 Å². The van der Waals surface area contributed by atoms with Gasteiger partial charge in [-0.05, 0) is 31.2 Å². The summed E-state index contributed by atoms with van der Waals surface area (Å²) in [5.74, 6) is -0.359. The Kier molecular flexibility index (Phi) is 8.20. The second-order valence-corrected chi connectivity index (χ2v) is 9.94. The van der Waals surface area contributed by atoms with Crippen LogP contribution in [-0.4, -0.2) is 109 Å². The minimum atomic E-state index is -1.74. The molecule has 0 radical (unpaired) electrons. The molecule has 0 saturated carbocycles. The molecule has 14 heteroatoms. The number of benzene rings is 2. The average molecular weight is 579 g/mol. The van der Waals surface area contributed by atoms with Crippen molar-refractivity contribution >= 4 is 11.0 Å². The van der Waals surface area contributed by atoms with Crippen molar-refractivity contribution in [2.24, 2.45) is 0 Å². The van der Waals surface area contributed by atoms with Crippen LogP contribution in [0.4, 0.5) is 0 Å². The van der Waals surface area contributed by atoms with Crippen molar-refractivity contribution in [3.05, 3.63) is 52.7 Å². The Hall–Kier alpha value is -3.31. The quantitative estimate of drug-likeness (QED) is 0.174. The lowest BCUT2D eigenvalue weighted by molar-refractivity contribution is -0.348. The lowest BCUT2D eigenvalue weighted by Gasteiger charge is -2.45. The summed E-state index contributed by atoms with van der Waals surface area (Å²) in [6.45, 7) is 0.790. The van der Waals surface area contributed by atoms with Crippen LogP contribution in [0.1, 0.15) is 6.92 Å². The van der Waals surface area contributed by atoms with E-state index in [9.17, 15) is 45.6 Å². The molecule has 2 saturated heterocycles. The SMILES string of the molecule is C[C@@H]1O[C@@H](Oc2cc(O)c3c(=O)cc(-c4ccc(O)cc4)oc3c2)[C@H](O)[C@H](O)[C@H]1O[C@H]1O[C@H](CO)[C@@H](O)[C@H](O)[C@H]1O. The van der Waals surface area contributed by atoms with Crippen LogP contribution in [0.5, 0.6) is 17.2 Å². The fourth-order valence-corrected chi connectivity index (χ4v) is 4.84. The summed E-state index contributed by atoms with van der Waals surface area (Å²) in [7, 11) is 0. The fraction of sp³-hybridized carbons (Fsp3) is 0.444. The molecule has 41 heavy (non-hydrogen) atoms. The van der Waals surface area contributed by atoms with Crippen LogP contribution in [0.3, 0.4) is 0 Å². The summed E-state index contributed by atoms with van der Waals surface area (Å²) in [6, 6.07) is 9.51. The number of rotatable bonds is 6. The molecule has 10 atom stereocenters. The smallest absolute Gasteiger partial charge is 0.229 e. The molecule has 5 rings (SSSR count). The van der Waals surface area contributed by atoms with E-state index in [4.69, 9.17) is 23.4 Å². The lowest BCUT2D eigenvalue weighted by Crippen LogP contribution is -2.64. The topological polar surface area (TPSA) is 229 Å². The summed E-state index contributed by atoms with van der Waals surface area (Å²) < 4.78 is 28.1. The maximum atomic E-state index is 12.7. The maximum absolute atomic E-state index is 12.7. The molecule has 0 unspecified atom stereocenters. The number of aliphatic hydroxyl groups is 6. The minimum absolute atomic E-state index is 0.0218. The number of hydrogen-bond acceptors (Lipinski definition) is 14. The number of phenols is 2. The number of ether oxygens (including phenoxy) is 4. The van der Waals surface area contributed by atoms with E-state index in [1.54, 1.807) is 0 Å². The van der Waals surface area contributed by atoms with Gasteiger partial charge >= 0.3 is 0 Å². The van der Waals surface area contributed by atoms with Crippen LogP contribution in [0.15, 0.2) is 51.7 Å². The Bertz CT molecular complexity index is 1420. The highest BCUT2D eigenvalue weighted by molar-refractivity contribution is 5.86. The molecule has 2 aliphatic rings. The molecule has 2 aromatic carbocycles. The van der Waals surface area contributed by atoms with E-state index in [1.807, 2.05) is 0 Å². The average Bonchev–Trinajstić information content (AvgIpc) is 2.93. The summed E-state index contributed by atoms with van der Waals surface area (Å²) in [5, 5.41) is 81.1. The second kappa shape index (κ2) is 11.5. The van der Waals surface area contributed by atoms with Gasteiger partial charge in [0.1, 0.15) is 76.7 Å². The van der Waals surface area contributed by atoms with Crippen molar-refractivity contribution in [2.75, 3.05) is 6.61 Å². The lowest BCUT2D eigenvalue weighted by atomic mass is 9.97. The van der Waals surface area contributed by atoms with Gasteiger partial charge in [-0.25, -0.2) is 0 Å². The monoisotopic (exact) mass is 578 g/mol. The zero-order chi connectivity index (χ0) is 29.6. The summed E-state index contributed by atoms with van der Waals surface area (Å²) in [6.07, 6.45) is -15.0. The van der Waals surface area contributed by atoms with Gasteiger partial charge in [0.15, 0.2) is 11.7 Å². The first-order valence-electron chi connectivity index (χ1n) is 12.7. The summed E-state index contributed by atoms with van der Waals surface area (Å²) in [4.78, 5) is 12.7. The Morgan fingerprint density at radius 1 is 0.829 bits per heavy atom. The first-order valence-corrected chi connectivity index (χ1v) is 12.7. The van der Waals surface area contributed by atoms with Gasteiger partial charge in [0.05, 0.1) is 12.7 Å². The second-order valence-electron chi connectivity index (χ2n) is 9.94. The Morgan fingerprint density at radius 2 is 1.51 bits per heavy atom.